The normalized spacial score (nSPS) is 17.5. The largest absolute Gasteiger partial charge is 0.337 e. The van der Waals surface area contributed by atoms with Crippen LogP contribution in [0.25, 0.3) is 0 Å². The molecular formula is C19H25Cl2N3O2. The van der Waals surface area contributed by atoms with Gasteiger partial charge in [0.1, 0.15) is 0 Å². The lowest BCUT2D eigenvalue weighted by molar-refractivity contribution is -0.127. The van der Waals surface area contributed by atoms with Crippen molar-refractivity contribution in [1.29, 1.82) is 0 Å². The van der Waals surface area contributed by atoms with Crippen LogP contribution >= 0.6 is 23.2 Å². The van der Waals surface area contributed by atoms with E-state index in [9.17, 15) is 9.59 Å². The molecule has 1 aromatic rings. The molecule has 2 rings (SSSR count). The molecule has 1 saturated heterocycles. The van der Waals surface area contributed by atoms with Crippen LogP contribution in [0.1, 0.15) is 32.3 Å². The van der Waals surface area contributed by atoms with E-state index in [4.69, 9.17) is 23.2 Å². The number of urea groups is 1. The number of likely N-dealkylation sites (tertiary alicyclic amines) is 1. The van der Waals surface area contributed by atoms with Crippen molar-refractivity contribution in [3.05, 3.63) is 46.5 Å². The Bertz CT molecular complexity index is 691. The molecule has 1 aromatic carbocycles. The zero-order valence-corrected chi connectivity index (χ0v) is 16.7. The van der Waals surface area contributed by atoms with Gasteiger partial charge in [0.25, 0.3) is 0 Å². The lowest BCUT2D eigenvalue weighted by Gasteiger charge is -2.33. The number of piperidine rings is 1. The summed E-state index contributed by atoms with van der Waals surface area (Å²) >= 11 is 12.1. The van der Waals surface area contributed by atoms with Crippen LogP contribution in [-0.2, 0) is 10.2 Å². The van der Waals surface area contributed by atoms with E-state index in [1.807, 2.05) is 26.0 Å². The molecule has 0 bridgehead atoms. The Morgan fingerprint density at radius 2 is 2.08 bits per heavy atom. The first-order valence-electron chi connectivity index (χ1n) is 8.64. The van der Waals surface area contributed by atoms with Crippen molar-refractivity contribution in [3.63, 3.8) is 0 Å². The van der Waals surface area contributed by atoms with Crippen LogP contribution in [0.5, 0.6) is 0 Å². The molecular weight excluding hydrogens is 373 g/mol. The summed E-state index contributed by atoms with van der Waals surface area (Å²) in [6.07, 6.45) is 3.02. The van der Waals surface area contributed by atoms with Crippen molar-refractivity contribution in [2.75, 3.05) is 19.6 Å². The van der Waals surface area contributed by atoms with E-state index in [1.54, 1.807) is 11.0 Å². The van der Waals surface area contributed by atoms with Crippen LogP contribution in [0.2, 0.25) is 10.0 Å². The number of nitrogens with one attached hydrogen (secondary N) is 2. The molecule has 0 aromatic heterocycles. The first kappa shape index (κ1) is 20.6. The molecule has 1 atom stereocenters. The summed E-state index contributed by atoms with van der Waals surface area (Å²) in [6, 6.07) is 5.20. The summed E-state index contributed by atoms with van der Waals surface area (Å²) < 4.78 is 0. The maximum absolute atomic E-state index is 12.3. The second-order valence-electron chi connectivity index (χ2n) is 7.17. The van der Waals surface area contributed by atoms with Gasteiger partial charge < -0.3 is 15.5 Å². The molecule has 2 N–H and O–H groups in total. The highest BCUT2D eigenvalue weighted by molar-refractivity contribution is 6.42. The Balaban J connectivity index is 1.88. The minimum Gasteiger partial charge on any atom is -0.337 e. The molecule has 3 amide bonds. The Hall–Kier alpha value is -1.72. The predicted octanol–water partition coefficient (Wildman–Crippen LogP) is 3.75. The van der Waals surface area contributed by atoms with Gasteiger partial charge in [-0.15, -0.1) is 0 Å². The maximum atomic E-state index is 12.3. The highest BCUT2D eigenvalue weighted by Crippen LogP contribution is 2.29. The second-order valence-corrected chi connectivity index (χ2v) is 7.98. The summed E-state index contributed by atoms with van der Waals surface area (Å²) in [5.74, 6) is -0.0994. The van der Waals surface area contributed by atoms with Gasteiger partial charge in [-0.2, -0.15) is 0 Å². The third-order valence-corrected chi connectivity index (χ3v) is 5.37. The van der Waals surface area contributed by atoms with Gasteiger partial charge >= 0.3 is 6.03 Å². The standard InChI is InChI=1S/C19H25Cl2N3O2/c1-4-17(25)24-9-5-6-14(11-24)23-18(26)22-12-19(2,3)13-7-8-15(20)16(21)10-13/h4,7-8,10,14H,1,5-6,9,11-12H2,2-3H3,(H2,22,23,26). The average molecular weight is 398 g/mol. The zero-order chi connectivity index (χ0) is 19.3. The monoisotopic (exact) mass is 397 g/mol. The minimum absolute atomic E-state index is 0.0549. The van der Waals surface area contributed by atoms with Gasteiger partial charge in [0.05, 0.1) is 10.0 Å². The third kappa shape index (κ3) is 5.39. The fraction of sp³-hybridized carbons (Fsp3) is 0.474. The molecule has 0 aliphatic carbocycles. The third-order valence-electron chi connectivity index (χ3n) is 4.63. The van der Waals surface area contributed by atoms with Gasteiger partial charge in [-0.25, -0.2) is 4.79 Å². The molecule has 26 heavy (non-hydrogen) atoms. The van der Waals surface area contributed by atoms with E-state index in [0.29, 0.717) is 29.7 Å². The molecule has 1 fully saturated rings. The Labute approximate surface area is 164 Å². The van der Waals surface area contributed by atoms with Gasteiger partial charge in [-0.3, -0.25) is 4.79 Å². The summed E-state index contributed by atoms with van der Waals surface area (Å²) in [4.78, 5) is 25.7. The van der Waals surface area contributed by atoms with Crippen molar-refractivity contribution >= 4 is 35.1 Å². The molecule has 1 unspecified atom stereocenters. The molecule has 142 valence electrons. The summed E-state index contributed by atoms with van der Waals surface area (Å²) in [5.41, 5.74) is 0.691. The number of halogens is 2. The topological polar surface area (TPSA) is 61.4 Å². The molecule has 1 aliphatic heterocycles. The SMILES string of the molecule is C=CC(=O)N1CCCC(NC(=O)NCC(C)(C)c2ccc(Cl)c(Cl)c2)C1. The zero-order valence-electron chi connectivity index (χ0n) is 15.1. The summed E-state index contributed by atoms with van der Waals surface area (Å²) in [6.45, 7) is 9.22. The minimum atomic E-state index is -0.303. The van der Waals surface area contributed by atoms with Crippen LogP contribution in [0.4, 0.5) is 4.79 Å². The lowest BCUT2D eigenvalue weighted by atomic mass is 9.84. The molecule has 0 spiro atoms. The van der Waals surface area contributed by atoms with Gasteiger partial charge in [-0.1, -0.05) is 49.7 Å². The van der Waals surface area contributed by atoms with E-state index >= 15 is 0 Å². The van der Waals surface area contributed by atoms with E-state index in [-0.39, 0.29) is 23.4 Å². The van der Waals surface area contributed by atoms with Gasteiger partial charge in [-0.05, 0) is 36.6 Å². The summed E-state index contributed by atoms with van der Waals surface area (Å²) in [5, 5.41) is 6.86. The first-order valence-corrected chi connectivity index (χ1v) is 9.40. The maximum Gasteiger partial charge on any atom is 0.315 e. The van der Waals surface area contributed by atoms with E-state index in [0.717, 1.165) is 18.4 Å². The number of carbonyl (C=O) groups is 2. The van der Waals surface area contributed by atoms with Crippen molar-refractivity contribution in [2.24, 2.45) is 0 Å². The number of benzene rings is 1. The highest BCUT2D eigenvalue weighted by Gasteiger charge is 2.25. The number of amides is 3. The van der Waals surface area contributed by atoms with E-state index in [2.05, 4.69) is 17.2 Å². The molecule has 0 radical (unpaired) electrons. The molecule has 7 heteroatoms. The lowest BCUT2D eigenvalue weighted by Crippen LogP contribution is -2.52. The number of hydrogen-bond acceptors (Lipinski definition) is 2. The number of carbonyl (C=O) groups excluding carboxylic acids is 2. The highest BCUT2D eigenvalue weighted by atomic mass is 35.5. The van der Waals surface area contributed by atoms with Crippen LogP contribution in [0.15, 0.2) is 30.9 Å². The van der Waals surface area contributed by atoms with Crippen molar-refractivity contribution < 1.29 is 9.59 Å². The Morgan fingerprint density at radius 3 is 2.73 bits per heavy atom. The predicted molar refractivity (Wildman–Crippen MR) is 106 cm³/mol. The van der Waals surface area contributed by atoms with Crippen LogP contribution in [0, 0.1) is 0 Å². The molecule has 5 nitrogen and oxygen atoms in total. The molecule has 1 heterocycles. The fourth-order valence-corrected chi connectivity index (χ4v) is 3.28. The smallest absolute Gasteiger partial charge is 0.315 e. The number of nitrogens with zero attached hydrogens (tertiary/aromatic N) is 1. The first-order chi connectivity index (χ1) is 12.2. The van der Waals surface area contributed by atoms with Crippen molar-refractivity contribution in [1.82, 2.24) is 15.5 Å². The van der Waals surface area contributed by atoms with Crippen LogP contribution in [0.3, 0.4) is 0 Å². The Kier molecular flexibility index (Phi) is 6.95. The molecule has 1 aliphatic rings. The Morgan fingerprint density at radius 1 is 1.35 bits per heavy atom. The fourth-order valence-electron chi connectivity index (χ4n) is 2.98. The van der Waals surface area contributed by atoms with Crippen LogP contribution in [-0.4, -0.2) is 42.5 Å². The van der Waals surface area contributed by atoms with E-state index in [1.165, 1.54) is 6.08 Å². The van der Waals surface area contributed by atoms with Crippen LogP contribution < -0.4 is 10.6 Å². The average Bonchev–Trinajstić information content (AvgIpc) is 2.62. The van der Waals surface area contributed by atoms with Gasteiger partial charge in [0.15, 0.2) is 0 Å². The number of rotatable bonds is 5. The quantitative estimate of drug-likeness (QED) is 0.743. The summed E-state index contributed by atoms with van der Waals surface area (Å²) in [7, 11) is 0. The second kappa shape index (κ2) is 8.78. The molecule has 0 saturated carbocycles. The van der Waals surface area contributed by atoms with Gasteiger partial charge in [0.2, 0.25) is 5.91 Å². The van der Waals surface area contributed by atoms with Crippen molar-refractivity contribution in [2.45, 2.75) is 38.1 Å². The van der Waals surface area contributed by atoms with Crippen molar-refractivity contribution in [3.8, 4) is 0 Å². The van der Waals surface area contributed by atoms with Gasteiger partial charge in [0, 0.05) is 31.1 Å². The van der Waals surface area contributed by atoms with E-state index < -0.39 is 0 Å². The number of hydrogen-bond donors (Lipinski definition) is 2.